The SMILES string of the molecule is C=CC(=O)C1=C2CCCCCC2(C(=O)C=C)CCC1. The standard InChI is InChI=1S/C17H22O2/c1-3-15(18)13-9-8-12-17(16(19)4-2)11-7-5-6-10-14(13)17/h3-4H,1-2,5-12H2. The second kappa shape index (κ2) is 5.68. The van der Waals surface area contributed by atoms with Crippen molar-refractivity contribution in [2.24, 2.45) is 5.41 Å². The fraction of sp³-hybridized carbons (Fsp3) is 0.529. The van der Waals surface area contributed by atoms with Gasteiger partial charge in [-0.2, -0.15) is 0 Å². The van der Waals surface area contributed by atoms with Crippen molar-refractivity contribution in [2.45, 2.75) is 51.4 Å². The second-order valence-corrected chi connectivity index (χ2v) is 5.59. The molecular weight excluding hydrogens is 236 g/mol. The Labute approximate surface area is 115 Å². The van der Waals surface area contributed by atoms with Gasteiger partial charge in [0.05, 0.1) is 5.41 Å². The van der Waals surface area contributed by atoms with Crippen LogP contribution in [0.1, 0.15) is 51.4 Å². The highest BCUT2D eigenvalue weighted by molar-refractivity contribution is 6.06. The van der Waals surface area contributed by atoms with Crippen LogP contribution >= 0.6 is 0 Å². The molecule has 0 heterocycles. The highest BCUT2D eigenvalue weighted by Gasteiger charge is 2.44. The smallest absolute Gasteiger partial charge is 0.181 e. The molecule has 1 atom stereocenters. The van der Waals surface area contributed by atoms with Gasteiger partial charge >= 0.3 is 0 Å². The molecule has 2 aliphatic carbocycles. The van der Waals surface area contributed by atoms with Gasteiger partial charge < -0.3 is 0 Å². The molecule has 1 unspecified atom stereocenters. The lowest BCUT2D eigenvalue weighted by Crippen LogP contribution is -2.35. The van der Waals surface area contributed by atoms with E-state index < -0.39 is 5.41 Å². The van der Waals surface area contributed by atoms with Gasteiger partial charge in [0.2, 0.25) is 0 Å². The van der Waals surface area contributed by atoms with Crippen LogP contribution in [0.15, 0.2) is 36.5 Å². The third-order valence-electron chi connectivity index (χ3n) is 4.64. The zero-order chi connectivity index (χ0) is 13.9. The summed E-state index contributed by atoms with van der Waals surface area (Å²) in [5.74, 6) is 0.122. The molecule has 1 saturated carbocycles. The zero-order valence-corrected chi connectivity index (χ0v) is 11.5. The van der Waals surface area contributed by atoms with Crippen molar-refractivity contribution in [2.75, 3.05) is 0 Å². The van der Waals surface area contributed by atoms with Crippen molar-refractivity contribution >= 4 is 11.6 Å². The molecule has 0 aliphatic heterocycles. The van der Waals surface area contributed by atoms with Crippen molar-refractivity contribution in [1.29, 1.82) is 0 Å². The molecule has 0 radical (unpaired) electrons. The maximum absolute atomic E-state index is 12.4. The Morgan fingerprint density at radius 1 is 0.947 bits per heavy atom. The number of carbonyl (C=O) groups is 2. The van der Waals surface area contributed by atoms with Crippen LogP contribution < -0.4 is 0 Å². The van der Waals surface area contributed by atoms with E-state index in [0.717, 1.165) is 62.5 Å². The highest BCUT2D eigenvalue weighted by Crippen LogP contribution is 2.49. The third-order valence-corrected chi connectivity index (χ3v) is 4.64. The Kier molecular flexibility index (Phi) is 4.18. The summed E-state index contributed by atoms with van der Waals surface area (Å²) in [5.41, 5.74) is 1.54. The maximum atomic E-state index is 12.4. The molecule has 0 aromatic rings. The third kappa shape index (κ3) is 2.36. The van der Waals surface area contributed by atoms with E-state index in [1.807, 2.05) is 0 Å². The zero-order valence-electron chi connectivity index (χ0n) is 11.5. The molecule has 102 valence electrons. The molecule has 0 N–H and O–H groups in total. The molecule has 2 rings (SSSR count). The Morgan fingerprint density at radius 3 is 2.37 bits per heavy atom. The maximum Gasteiger partial charge on any atom is 0.181 e. The molecule has 2 nitrogen and oxygen atoms in total. The van der Waals surface area contributed by atoms with Crippen molar-refractivity contribution in [3.63, 3.8) is 0 Å². The molecule has 0 amide bonds. The van der Waals surface area contributed by atoms with Crippen molar-refractivity contribution in [3.05, 3.63) is 36.5 Å². The van der Waals surface area contributed by atoms with Crippen LogP contribution in [0, 0.1) is 5.41 Å². The summed E-state index contributed by atoms with van der Waals surface area (Å²) in [6.45, 7) is 7.26. The summed E-state index contributed by atoms with van der Waals surface area (Å²) in [6.07, 6.45) is 10.5. The fourth-order valence-electron chi connectivity index (χ4n) is 3.71. The molecule has 2 aliphatic rings. The molecule has 0 saturated heterocycles. The number of fused-ring (bicyclic) bond motifs is 1. The summed E-state index contributed by atoms with van der Waals surface area (Å²) in [4.78, 5) is 24.5. The molecule has 0 bridgehead atoms. The second-order valence-electron chi connectivity index (χ2n) is 5.59. The van der Waals surface area contributed by atoms with E-state index in [9.17, 15) is 9.59 Å². The predicted octanol–water partition coefficient (Wildman–Crippen LogP) is 3.93. The van der Waals surface area contributed by atoms with E-state index in [2.05, 4.69) is 13.2 Å². The summed E-state index contributed by atoms with van der Waals surface area (Å²) < 4.78 is 0. The summed E-state index contributed by atoms with van der Waals surface area (Å²) in [7, 11) is 0. The minimum atomic E-state index is -0.426. The summed E-state index contributed by atoms with van der Waals surface area (Å²) in [6, 6.07) is 0. The van der Waals surface area contributed by atoms with Gasteiger partial charge in [-0.05, 0) is 61.8 Å². The number of carbonyl (C=O) groups excluding carboxylic acids is 2. The molecule has 1 fully saturated rings. The van der Waals surface area contributed by atoms with Gasteiger partial charge in [-0.25, -0.2) is 0 Å². The normalized spacial score (nSPS) is 27.2. The first kappa shape index (κ1) is 14.0. The largest absolute Gasteiger partial charge is 0.294 e. The number of hydrogen-bond donors (Lipinski definition) is 0. The molecular formula is C17H22O2. The minimum absolute atomic E-state index is 0.0119. The Morgan fingerprint density at radius 2 is 1.68 bits per heavy atom. The van der Waals surface area contributed by atoms with Gasteiger partial charge in [0.15, 0.2) is 11.6 Å². The van der Waals surface area contributed by atoms with Gasteiger partial charge in [-0.3, -0.25) is 9.59 Å². The van der Waals surface area contributed by atoms with E-state index in [1.54, 1.807) is 0 Å². The van der Waals surface area contributed by atoms with Crippen LogP contribution in [-0.2, 0) is 9.59 Å². The molecule has 2 heteroatoms. The van der Waals surface area contributed by atoms with Crippen LogP contribution in [0.3, 0.4) is 0 Å². The lowest BCUT2D eigenvalue weighted by atomic mass is 9.64. The van der Waals surface area contributed by atoms with Crippen molar-refractivity contribution in [3.8, 4) is 0 Å². The summed E-state index contributed by atoms with van der Waals surface area (Å²) in [5, 5.41) is 0. The van der Waals surface area contributed by atoms with Gasteiger partial charge in [0.25, 0.3) is 0 Å². The topological polar surface area (TPSA) is 34.1 Å². The van der Waals surface area contributed by atoms with Crippen LogP contribution in [0.5, 0.6) is 0 Å². The average molecular weight is 258 g/mol. The highest BCUT2D eigenvalue weighted by atomic mass is 16.1. The minimum Gasteiger partial charge on any atom is -0.294 e. The predicted molar refractivity (Wildman–Crippen MR) is 76.8 cm³/mol. The number of hydrogen-bond acceptors (Lipinski definition) is 2. The number of allylic oxidation sites excluding steroid dienone is 4. The van der Waals surface area contributed by atoms with Crippen LogP contribution in [0.2, 0.25) is 0 Å². The molecule has 0 spiro atoms. The Bertz CT molecular complexity index is 456. The molecule has 0 aromatic heterocycles. The van der Waals surface area contributed by atoms with E-state index in [0.29, 0.717) is 0 Å². The molecule has 0 aromatic carbocycles. The first-order chi connectivity index (χ1) is 9.15. The van der Waals surface area contributed by atoms with Crippen LogP contribution in [0.4, 0.5) is 0 Å². The first-order valence-electron chi connectivity index (χ1n) is 7.22. The van der Waals surface area contributed by atoms with E-state index in [-0.39, 0.29) is 11.6 Å². The van der Waals surface area contributed by atoms with Crippen molar-refractivity contribution < 1.29 is 9.59 Å². The van der Waals surface area contributed by atoms with Gasteiger partial charge in [-0.15, -0.1) is 0 Å². The van der Waals surface area contributed by atoms with E-state index in [1.165, 1.54) is 12.2 Å². The van der Waals surface area contributed by atoms with Crippen molar-refractivity contribution in [1.82, 2.24) is 0 Å². The van der Waals surface area contributed by atoms with E-state index >= 15 is 0 Å². The molecule has 19 heavy (non-hydrogen) atoms. The van der Waals surface area contributed by atoms with Gasteiger partial charge in [0.1, 0.15) is 0 Å². The monoisotopic (exact) mass is 258 g/mol. The Hall–Kier alpha value is -1.44. The first-order valence-corrected chi connectivity index (χ1v) is 7.22. The lowest BCUT2D eigenvalue weighted by Gasteiger charge is -2.38. The summed E-state index contributed by atoms with van der Waals surface area (Å²) >= 11 is 0. The number of rotatable bonds is 4. The number of ketones is 2. The quantitative estimate of drug-likeness (QED) is 0.716. The van der Waals surface area contributed by atoms with E-state index in [4.69, 9.17) is 0 Å². The Balaban J connectivity index is 2.56. The van der Waals surface area contributed by atoms with Crippen LogP contribution in [0.25, 0.3) is 0 Å². The fourth-order valence-corrected chi connectivity index (χ4v) is 3.71. The van der Waals surface area contributed by atoms with Gasteiger partial charge in [-0.1, -0.05) is 26.0 Å². The lowest BCUT2D eigenvalue weighted by molar-refractivity contribution is -0.123. The van der Waals surface area contributed by atoms with Gasteiger partial charge in [0, 0.05) is 0 Å². The van der Waals surface area contributed by atoms with Crippen LogP contribution in [-0.4, -0.2) is 11.6 Å². The average Bonchev–Trinajstić information content (AvgIpc) is 2.68.